The Morgan fingerprint density at radius 1 is 1.39 bits per heavy atom. The Morgan fingerprint density at radius 3 is 2.83 bits per heavy atom. The van der Waals surface area contributed by atoms with Crippen molar-refractivity contribution in [1.29, 1.82) is 0 Å². The zero-order valence-corrected chi connectivity index (χ0v) is 11.2. The lowest BCUT2D eigenvalue weighted by Gasteiger charge is -2.19. The summed E-state index contributed by atoms with van der Waals surface area (Å²) < 4.78 is 1.14. The zero-order valence-electron chi connectivity index (χ0n) is 10.4. The molecule has 1 aromatic carbocycles. The van der Waals surface area contributed by atoms with E-state index in [1.54, 1.807) is 4.90 Å². The molecule has 2 aromatic rings. The second kappa shape index (κ2) is 5.98. The van der Waals surface area contributed by atoms with Gasteiger partial charge < -0.3 is 10.0 Å². The van der Waals surface area contributed by atoms with Crippen molar-refractivity contribution in [2.75, 3.05) is 19.7 Å². The average Bonchev–Trinajstić information content (AvgIpc) is 2.83. The summed E-state index contributed by atoms with van der Waals surface area (Å²) in [5.41, 5.74) is 0. The number of amides is 1. The number of nitrogens with zero attached hydrogens (tertiary/aromatic N) is 1. The molecule has 0 saturated heterocycles. The van der Waals surface area contributed by atoms with Gasteiger partial charge in [0.2, 0.25) is 0 Å². The van der Waals surface area contributed by atoms with Crippen molar-refractivity contribution >= 4 is 27.3 Å². The topological polar surface area (TPSA) is 40.5 Å². The van der Waals surface area contributed by atoms with Crippen molar-refractivity contribution < 1.29 is 9.90 Å². The number of thiophene rings is 1. The first-order valence-electron chi connectivity index (χ1n) is 6.15. The van der Waals surface area contributed by atoms with E-state index in [2.05, 4.69) is 0 Å². The predicted octanol–water partition coefficient (Wildman–Crippen LogP) is 2.75. The predicted molar refractivity (Wildman–Crippen MR) is 75.1 cm³/mol. The molecule has 4 heteroatoms. The Bertz CT molecular complexity index is 502. The highest BCUT2D eigenvalue weighted by molar-refractivity contribution is 7.20. The fourth-order valence-electron chi connectivity index (χ4n) is 1.91. The SMILES string of the molecule is CCN(CCCO)C(=O)c1cc2ccccc2s1. The van der Waals surface area contributed by atoms with Crippen molar-refractivity contribution in [2.45, 2.75) is 13.3 Å². The molecule has 0 atom stereocenters. The summed E-state index contributed by atoms with van der Waals surface area (Å²) >= 11 is 1.53. The highest BCUT2D eigenvalue weighted by atomic mass is 32.1. The van der Waals surface area contributed by atoms with Gasteiger partial charge >= 0.3 is 0 Å². The lowest BCUT2D eigenvalue weighted by Crippen LogP contribution is -2.31. The third-order valence-electron chi connectivity index (χ3n) is 2.89. The Balaban J connectivity index is 2.21. The second-order valence-corrected chi connectivity index (χ2v) is 5.19. The first-order valence-corrected chi connectivity index (χ1v) is 6.96. The van der Waals surface area contributed by atoms with Gasteiger partial charge in [-0.15, -0.1) is 11.3 Å². The van der Waals surface area contributed by atoms with Crippen LogP contribution >= 0.6 is 11.3 Å². The fraction of sp³-hybridized carbons (Fsp3) is 0.357. The lowest BCUT2D eigenvalue weighted by molar-refractivity contribution is 0.0759. The van der Waals surface area contributed by atoms with Crippen LogP contribution in [0.5, 0.6) is 0 Å². The molecule has 0 aliphatic rings. The highest BCUT2D eigenvalue weighted by Crippen LogP contribution is 2.26. The van der Waals surface area contributed by atoms with Crippen LogP contribution in [0.3, 0.4) is 0 Å². The molecule has 0 fully saturated rings. The standard InChI is InChI=1S/C14H17NO2S/c1-2-15(8-5-9-16)14(17)13-10-11-6-3-4-7-12(11)18-13/h3-4,6-7,10,16H,2,5,8-9H2,1H3. The van der Waals surface area contributed by atoms with Crippen molar-refractivity contribution in [1.82, 2.24) is 4.90 Å². The summed E-state index contributed by atoms with van der Waals surface area (Å²) in [6.07, 6.45) is 0.629. The van der Waals surface area contributed by atoms with Crippen LogP contribution in [0.4, 0.5) is 0 Å². The molecule has 96 valence electrons. The van der Waals surface area contributed by atoms with Gasteiger partial charge in [0.05, 0.1) is 4.88 Å². The van der Waals surface area contributed by atoms with Crippen molar-refractivity contribution in [3.05, 3.63) is 35.2 Å². The van der Waals surface area contributed by atoms with E-state index in [0.717, 1.165) is 15.0 Å². The average molecular weight is 263 g/mol. The Morgan fingerprint density at radius 2 is 2.17 bits per heavy atom. The maximum atomic E-state index is 12.3. The van der Waals surface area contributed by atoms with Crippen LogP contribution in [0, 0.1) is 0 Å². The zero-order chi connectivity index (χ0) is 13.0. The van der Waals surface area contributed by atoms with Crippen molar-refractivity contribution in [3.63, 3.8) is 0 Å². The molecular formula is C14H17NO2S. The minimum atomic E-state index is 0.0622. The third kappa shape index (κ3) is 2.71. The third-order valence-corrected chi connectivity index (χ3v) is 4.00. The monoisotopic (exact) mass is 263 g/mol. The summed E-state index contributed by atoms with van der Waals surface area (Å²) in [5.74, 6) is 0.0622. The molecule has 3 nitrogen and oxygen atoms in total. The van der Waals surface area contributed by atoms with E-state index in [1.165, 1.54) is 11.3 Å². The van der Waals surface area contributed by atoms with Gasteiger partial charge in [-0.2, -0.15) is 0 Å². The summed E-state index contributed by atoms with van der Waals surface area (Å²) in [5, 5.41) is 9.96. The number of hydrogen-bond acceptors (Lipinski definition) is 3. The number of benzene rings is 1. The van der Waals surface area contributed by atoms with Crippen molar-refractivity contribution in [2.24, 2.45) is 0 Å². The van der Waals surface area contributed by atoms with E-state index in [0.29, 0.717) is 19.5 Å². The molecule has 2 rings (SSSR count). The van der Waals surface area contributed by atoms with Crippen LogP contribution in [0.25, 0.3) is 10.1 Å². The van der Waals surface area contributed by atoms with E-state index in [4.69, 9.17) is 5.11 Å². The molecule has 1 aromatic heterocycles. The number of rotatable bonds is 5. The van der Waals surface area contributed by atoms with Crippen LogP contribution < -0.4 is 0 Å². The highest BCUT2D eigenvalue weighted by Gasteiger charge is 2.16. The first-order chi connectivity index (χ1) is 8.76. The van der Waals surface area contributed by atoms with Gasteiger partial charge in [0, 0.05) is 24.4 Å². The van der Waals surface area contributed by atoms with Crippen LogP contribution in [0.15, 0.2) is 30.3 Å². The van der Waals surface area contributed by atoms with Gasteiger partial charge in [-0.25, -0.2) is 0 Å². The van der Waals surface area contributed by atoms with Gasteiger partial charge in [0.1, 0.15) is 0 Å². The number of aliphatic hydroxyl groups excluding tert-OH is 1. The lowest BCUT2D eigenvalue weighted by atomic mass is 10.2. The van der Waals surface area contributed by atoms with Crippen LogP contribution in [0.2, 0.25) is 0 Å². The van der Waals surface area contributed by atoms with E-state index in [-0.39, 0.29) is 12.5 Å². The van der Waals surface area contributed by atoms with Crippen molar-refractivity contribution in [3.8, 4) is 0 Å². The van der Waals surface area contributed by atoms with Gasteiger partial charge in [-0.05, 0) is 30.9 Å². The summed E-state index contributed by atoms with van der Waals surface area (Å²) in [4.78, 5) is 14.9. The van der Waals surface area contributed by atoms with E-state index in [9.17, 15) is 4.79 Å². The Hall–Kier alpha value is -1.39. The molecule has 1 amide bonds. The maximum Gasteiger partial charge on any atom is 0.263 e. The first kappa shape index (κ1) is 13.1. The summed E-state index contributed by atoms with van der Waals surface area (Å²) in [6, 6.07) is 9.96. The molecule has 0 saturated carbocycles. The van der Waals surface area contributed by atoms with E-state index < -0.39 is 0 Å². The molecule has 0 aliphatic heterocycles. The molecule has 0 aliphatic carbocycles. The van der Waals surface area contributed by atoms with Gasteiger partial charge in [-0.1, -0.05) is 18.2 Å². The molecule has 0 radical (unpaired) electrons. The summed E-state index contributed by atoms with van der Waals surface area (Å²) in [7, 11) is 0. The number of hydrogen-bond donors (Lipinski definition) is 1. The second-order valence-electron chi connectivity index (χ2n) is 4.11. The van der Waals surface area contributed by atoms with Gasteiger partial charge in [0.25, 0.3) is 5.91 Å². The van der Waals surface area contributed by atoms with Gasteiger partial charge in [0.15, 0.2) is 0 Å². The van der Waals surface area contributed by atoms with Crippen LogP contribution in [-0.2, 0) is 0 Å². The maximum absolute atomic E-state index is 12.3. The molecular weight excluding hydrogens is 246 g/mol. The smallest absolute Gasteiger partial charge is 0.263 e. The Kier molecular flexibility index (Phi) is 4.33. The molecule has 0 spiro atoms. The minimum Gasteiger partial charge on any atom is -0.396 e. The quantitative estimate of drug-likeness (QED) is 0.901. The van der Waals surface area contributed by atoms with Gasteiger partial charge in [-0.3, -0.25) is 4.79 Å². The van der Waals surface area contributed by atoms with Crippen LogP contribution in [0.1, 0.15) is 23.0 Å². The normalized spacial score (nSPS) is 10.8. The summed E-state index contributed by atoms with van der Waals surface area (Å²) in [6.45, 7) is 3.37. The molecule has 0 unspecified atom stereocenters. The Labute approximate surface area is 111 Å². The van der Waals surface area contributed by atoms with E-state index in [1.807, 2.05) is 37.3 Å². The number of carbonyl (C=O) groups excluding carboxylic acids is 1. The molecule has 0 bridgehead atoms. The number of carbonyl (C=O) groups is 1. The number of aliphatic hydroxyl groups is 1. The molecule has 1 heterocycles. The largest absolute Gasteiger partial charge is 0.396 e. The number of fused-ring (bicyclic) bond motifs is 1. The molecule has 1 N–H and O–H groups in total. The minimum absolute atomic E-state index is 0.0622. The fourth-order valence-corrected chi connectivity index (χ4v) is 2.94. The van der Waals surface area contributed by atoms with E-state index >= 15 is 0 Å². The van der Waals surface area contributed by atoms with Crippen LogP contribution in [-0.4, -0.2) is 35.6 Å². The molecule has 18 heavy (non-hydrogen) atoms.